The number of halogens is 3. The van der Waals surface area contributed by atoms with Crippen molar-refractivity contribution >= 4 is 27.3 Å². The number of benzene rings is 2. The van der Waals surface area contributed by atoms with Crippen molar-refractivity contribution in [2.75, 3.05) is 38.0 Å². The molecule has 1 saturated heterocycles. The molecular formula is C20H21F3N4O5S. The number of nitro benzene ring substituents is 1. The number of carbonyl (C=O) groups excluding carboxylic acids is 1. The van der Waals surface area contributed by atoms with E-state index in [4.69, 9.17) is 0 Å². The summed E-state index contributed by atoms with van der Waals surface area (Å²) in [6.07, 6.45) is -4.56. The van der Waals surface area contributed by atoms with Crippen molar-refractivity contribution in [3.8, 4) is 0 Å². The second-order valence-electron chi connectivity index (χ2n) is 7.48. The van der Waals surface area contributed by atoms with Crippen LogP contribution in [0.4, 0.5) is 24.5 Å². The van der Waals surface area contributed by atoms with Crippen LogP contribution in [-0.2, 0) is 21.0 Å². The Balaban J connectivity index is 1.60. The summed E-state index contributed by atoms with van der Waals surface area (Å²) in [6, 6.07) is 7.72. The number of carbonyl (C=O) groups is 1. The topological polar surface area (TPSA) is 113 Å². The molecule has 0 aliphatic carbocycles. The van der Waals surface area contributed by atoms with Gasteiger partial charge in [0.25, 0.3) is 5.69 Å². The lowest BCUT2D eigenvalue weighted by Gasteiger charge is -2.33. The zero-order valence-electron chi connectivity index (χ0n) is 17.5. The van der Waals surface area contributed by atoms with Crippen LogP contribution in [0.5, 0.6) is 0 Å². The molecule has 13 heteroatoms. The van der Waals surface area contributed by atoms with Crippen molar-refractivity contribution in [1.29, 1.82) is 0 Å². The van der Waals surface area contributed by atoms with Gasteiger partial charge in [-0.2, -0.15) is 17.5 Å². The first-order valence-corrected chi connectivity index (χ1v) is 11.3. The van der Waals surface area contributed by atoms with E-state index in [-0.39, 0.29) is 49.0 Å². The van der Waals surface area contributed by atoms with E-state index in [9.17, 15) is 36.5 Å². The highest BCUT2D eigenvalue weighted by molar-refractivity contribution is 7.89. The Morgan fingerprint density at radius 3 is 2.24 bits per heavy atom. The summed E-state index contributed by atoms with van der Waals surface area (Å²) in [5.74, 6) is -0.480. The minimum Gasteiger partial charge on any atom is -0.319 e. The smallest absolute Gasteiger partial charge is 0.319 e. The lowest BCUT2D eigenvalue weighted by molar-refractivity contribution is -0.384. The summed E-state index contributed by atoms with van der Waals surface area (Å²) in [5.41, 5.74) is -0.525. The molecule has 0 spiro atoms. The van der Waals surface area contributed by atoms with Gasteiger partial charge in [0.2, 0.25) is 15.9 Å². The molecule has 1 aliphatic heterocycles. The van der Waals surface area contributed by atoms with E-state index in [0.717, 1.165) is 28.6 Å². The number of nitro groups is 1. The third-order valence-electron chi connectivity index (χ3n) is 5.23. The second kappa shape index (κ2) is 9.45. The molecule has 178 valence electrons. The third kappa shape index (κ3) is 5.67. The largest absolute Gasteiger partial charge is 0.416 e. The Hall–Kier alpha value is -3.03. The second-order valence-corrected chi connectivity index (χ2v) is 9.41. The Morgan fingerprint density at radius 1 is 1.09 bits per heavy atom. The molecule has 1 amide bonds. The molecular weight excluding hydrogens is 465 g/mol. The highest BCUT2D eigenvalue weighted by Gasteiger charge is 2.33. The van der Waals surface area contributed by atoms with E-state index in [1.165, 1.54) is 12.1 Å². The summed E-state index contributed by atoms with van der Waals surface area (Å²) in [4.78, 5) is 24.5. The van der Waals surface area contributed by atoms with E-state index in [0.29, 0.717) is 5.56 Å². The number of amides is 1. The number of sulfonamides is 1. The maximum atomic E-state index is 12.7. The average Bonchev–Trinajstić information content (AvgIpc) is 2.75. The quantitative estimate of drug-likeness (QED) is 0.496. The first kappa shape index (κ1) is 24.6. The summed E-state index contributed by atoms with van der Waals surface area (Å²) in [5, 5.41) is 13.7. The molecule has 2 aromatic carbocycles. The molecule has 3 rings (SSSR count). The minimum absolute atomic E-state index is 0.0428. The third-order valence-corrected chi connectivity index (χ3v) is 7.14. The van der Waals surface area contributed by atoms with Crippen LogP contribution in [0.3, 0.4) is 0 Å². The van der Waals surface area contributed by atoms with Crippen LogP contribution in [-0.4, -0.2) is 61.2 Å². The van der Waals surface area contributed by atoms with E-state index >= 15 is 0 Å². The van der Waals surface area contributed by atoms with Crippen molar-refractivity contribution in [2.24, 2.45) is 0 Å². The predicted molar refractivity (Wildman–Crippen MR) is 113 cm³/mol. The molecule has 1 fully saturated rings. The van der Waals surface area contributed by atoms with Crippen LogP contribution in [0.2, 0.25) is 0 Å². The zero-order chi connectivity index (χ0) is 24.4. The van der Waals surface area contributed by atoms with Crippen molar-refractivity contribution in [3.63, 3.8) is 0 Å². The Labute approximate surface area is 188 Å². The Kier molecular flexibility index (Phi) is 7.05. The summed E-state index contributed by atoms with van der Waals surface area (Å²) < 4.78 is 64.8. The fourth-order valence-electron chi connectivity index (χ4n) is 3.44. The van der Waals surface area contributed by atoms with Crippen LogP contribution >= 0.6 is 0 Å². The number of rotatable bonds is 6. The fourth-order valence-corrected chi connectivity index (χ4v) is 4.86. The number of hydrogen-bond acceptors (Lipinski definition) is 6. The number of alkyl halides is 3. The lowest BCUT2D eigenvalue weighted by Crippen LogP contribution is -2.50. The number of para-hydroxylation sites is 1. The van der Waals surface area contributed by atoms with Gasteiger partial charge in [0.1, 0.15) is 5.69 Å². The van der Waals surface area contributed by atoms with Gasteiger partial charge in [-0.1, -0.05) is 12.1 Å². The molecule has 9 nitrogen and oxygen atoms in total. The zero-order valence-corrected chi connectivity index (χ0v) is 18.3. The van der Waals surface area contributed by atoms with E-state index in [1.807, 2.05) is 0 Å². The van der Waals surface area contributed by atoms with Crippen molar-refractivity contribution in [1.82, 2.24) is 9.21 Å². The molecule has 2 aromatic rings. The molecule has 0 radical (unpaired) electrons. The fraction of sp³-hybridized carbons (Fsp3) is 0.350. The van der Waals surface area contributed by atoms with Gasteiger partial charge in [0.05, 0.1) is 21.9 Å². The van der Waals surface area contributed by atoms with Gasteiger partial charge in [0, 0.05) is 32.2 Å². The molecule has 0 bridgehead atoms. The van der Waals surface area contributed by atoms with E-state index < -0.39 is 32.6 Å². The lowest BCUT2D eigenvalue weighted by atomic mass is 10.1. The molecule has 0 unspecified atom stereocenters. The van der Waals surface area contributed by atoms with Gasteiger partial charge in [-0.05, 0) is 36.8 Å². The number of nitrogens with one attached hydrogen (secondary N) is 1. The van der Waals surface area contributed by atoms with Crippen LogP contribution in [0.25, 0.3) is 0 Å². The predicted octanol–water partition coefficient (Wildman–Crippen LogP) is 2.87. The maximum Gasteiger partial charge on any atom is 0.416 e. The number of aryl methyl sites for hydroxylation is 1. The number of anilines is 1. The highest BCUT2D eigenvalue weighted by atomic mass is 32.2. The Bertz CT molecular complexity index is 1150. The maximum absolute atomic E-state index is 12.7. The normalized spacial score (nSPS) is 15.9. The van der Waals surface area contributed by atoms with Crippen molar-refractivity contribution in [2.45, 2.75) is 18.0 Å². The van der Waals surface area contributed by atoms with Crippen LogP contribution in [0.1, 0.15) is 11.1 Å². The van der Waals surface area contributed by atoms with Gasteiger partial charge in [-0.3, -0.25) is 19.8 Å². The molecule has 1 N–H and O–H groups in total. The van der Waals surface area contributed by atoms with Gasteiger partial charge >= 0.3 is 6.18 Å². The number of piperazine rings is 1. The summed E-state index contributed by atoms with van der Waals surface area (Å²) >= 11 is 0. The first-order valence-electron chi connectivity index (χ1n) is 9.83. The van der Waals surface area contributed by atoms with Gasteiger partial charge < -0.3 is 5.32 Å². The van der Waals surface area contributed by atoms with Gasteiger partial charge in [-0.15, -0.1) is 0 Å². The average molecular weight is 486 g/mol. The molecule has 0 aromatic heterocycles. The summed E-state index contributed by atoms with van der Waals surface area (Å²) in [7, 11) is -3.98. The SMILES string of the molecule is Cc1cccc([N+](=O)[O-])c1NC(=O)CN1CCN(S(=O)(=O)c2ccc(C(F)(F)F)cc2)CC1. The van der Waals surface area contributed by atoms with Crippen LogP contribution in [0.15, 0.2) is 47.4 Å². The monoisotopic (exact) mass is 486 g/mol. The van der Waals surface area contributed by atoms with Gasteiger partial charge in [-0.25, -0.2) is 8.42 Å². The summed E-state index contributed by atoms with van der Waals surface area (Å²) in [6.45, 7) is 2.04. The van der Waals surface area contributed by atoms with Crippen LogP contribution < -0.4 is 5.32 Å². The van der Waals surface area contributed by atoms with Crippen LogP contribution in [0, 0.1) is 17.0 Å². The Morgan fingerprint density at radius 2 is 1.70 bits per heavy atom. The molecule has 0 atom stereocenters. The highest BCUT2D eigenvalue weighted by Crippen LogP contribution is 2.30. The molecule has 33 heavy (non-hydrogen) atoms. The number of nitrogens with zero attached hydrogens (tertiary/aromatic N) is 3. The standard InChI is InChI=1S/C20H21F3N4O5S/c1-14-3-2-4-17(27(29)30)19(14)24-18(28)13-25-9-11-26(12-10-25)33(31,32)16-7-5-15(6-8-16)20(21,22)23/h2-8H,9-13H2,1H3,(H,24,28). The van der Waals surface area contributed by atoms with Gasteiger partial charge in [0.15, 0.2) is 0 Å². The first-order chi connectivity index (χ1) is 15.4. The molecule has 1 aliphatic rings. The van der Waals surface area contributed by atoms with E-state index in [1.54, 1.807) is 17.9 Å². The van der Waals surface area contributed by atoms with Crippen molar-refractivity contribution < 1.29 is 31.3 Å². The number of hydrogen-bond donors (Lipinski definition) is 1. The molecule has 1 heterocycles. The van der Waals surface area contributed by atoms with Crippen molar-refractivity contribution in [3.05, 3.63) is 63.7 Å². The van der Waals surface area contributed by atoms with E-state index in [2.05, 4.69) is 5.32 Å². The molecule has 0 saturated carbocycles. The minimum atomic E-state index is -4.56.